The van der Waals surface area contributed by atoms with Gasteiger partial charge in [0.2, 0.25) is 6.79 Å². The first kappa shape index (κ1) is 11.8. The zero-order valence-corrected chi connectivity index (χ0v) is 11.4. The topological polar surface area (TPSA) is 30.5 Å². The van der Waals surface area contributed by atoms with Gasteiger partial charge in [-0.05, 0) is 43.9 Å². The molecule has 2 aliphatic rings. The molecule has 0 aliphatic carbocycles. The number of rotatable bonds is 2. The highest BCUT2D eigenvalue weighted by Crippen LogP contribution is 2.45. The molecule has 1 aromatic carbocycles. The Morgan fingerprint density at radius 1 is 1.28 bits per heavy atom. The molecule has 0 radical (unpaired) electrons. The van der Waals surface area contributed by atoms with Gasteiger partial charge >= 0.3 is 0 Å². The molecule has 98 valence electrons. The third kappa shape index (κ3) is 1.69. The molecule has 3 nitrogen and oxygen atoms in total. The summed E-state index contributed by atoms with van der Waals surface area (Å²) in [6.45, 7) is 8.19. The van der Waals surface area contributed by atoms with Crippen molar-refractivity contribution < 1.29 is 9.47 Å². The molecule has 0 spiro atoms. The minimum atomic E-state index is 0.0839. The molecule has 3 heteroatoms. The maximum absolute atomic E-state index is 5.69. The highest BCUT2D eigenvalue weighted by molar-refractivity contribution is 5.55. The molecule has 1 unspecified atom stereocenters. The second kappa shape index (κ2) is 4.16. The van der Waals surface area contributed by atoms with Crippen molar-refractivity contribution in [2.24, 2.45) is 0 Å². The lowest BCUT2D eigenvalue weighted by Crippen LogP contribution is -2.34. The number of ether oxygens (including phenoxy) is 2. The zero-order chi connectivity index (χ0) is 12.8. The number of hydrogen-bond acceptors (Lipinski definition) is 3. The number of benzene rings is 1. The van der Waals surface area contributed by atoms with Crippen molar-refractivity contribution in [2.75, 3.05) is 13.3 Å². The number of nitrogens with one attached hydrogen (secondary N) is 1. The van der Waals surface area contributed by atoms with Crippen LogP contribution in [0.2, 0.25) is 0 Å². The van der Waals surface area contributed by atoms with Crippen LogP contribution >= 0.6 is 0 Å². The Hall–Kier alpha value is -1.22. The third-order valence-electron chi connectivity index (χ3n) is 4.12. The Bertz CT molecular complexity index is 462. The molecule has 1 N–H and O–H groups in total. The molecule has 18 heavy (non-hydrogen) atoms. The molecule has 1 saturated heterocycles. The number of hydrogen-bond donors (Lipinski definition) is 1. The van der Waals surface area contributed by atoms with Crippen molar-refractivity contribution in [3.05, 3.63) is 23.3 Å². The van der Waals surface area contributed by atoms with Crippen LogP contribution in [-0.2, 0) is 5.54 Å². The minimum Gasteiger partial charge on any atom is -0.454 e. The van der Waals surface area contributed by atoms with Gasteiger partial charge < -0.3 is 14.8 Å². The average molecular weight is 247 g/mol. The third-order valence-corrected chi connectivity index (χ3v) is 4.12. The molecular formula is C15H21NO2. The van der Waals surface area contributed by atoms with Gasteiger partial charge in [0, 0.05) is 11.1 Å². The predicted molar refractivity (Wildman–Crippen MR) is 71.2 cm³/mol. The Labute approximate surface area is 108 Å². The van der Waals surface area contributed by atoms with E-state index in [1.54, 1.807) is 0 Å². The van der Waals surface area contributed by atoms with Crippen LogP contribution in [0, 0.1) is 0 Å². The summed E-state index contributed by atoms with van der Waals surface area (Å²) in [5.41, 5.74) is 2.77. The Morgan fingerprint density at radius 3 is 2.78 bits per heavy atom. The zero-order valence-electron chi connectivity index (χ0n) is 11.4. The lowest BCUT2D eigenvalue weighted by molar-refractivity contribution is 0.173. The van der Waals surface area contributed by atoms with Crippen LogP contribution in [0.25, 0.3) is 0 Å². The molecule has 1 fully saturated rings. The molecular weight excluding hydrogens is 226 g/mol. The molecule has 0 aromatic heterocycles. The Balaban J connectivity index is 2.14. The van der Waals surface area contributed by atoms with Crippen LogP contribution in [-0.4, -0.2) is 13.3 Å². The molecule has 2 heterocycles. The van der Waals surface area contributed by atoms with E-state index in [-0.39, 0.29) is 5.54 Å². The maximum atomic E-state index is 5.69. The van der Waals surface area contributed by atoms with Crippen molar-refractivity contribution in [1.82, 2.24) is 5.32 Å². The van der Waals surface area contributed by atoms with Gasteiger partial charge in [0.05, 0.1) is 0 Å². The van der Waals surface area contributed by atoms with Gasteiger partial charge in [-0.1, -0.05) is 19.9 Å². The van der Waals surface area contributed by atoms with Gasteiger partial charge in [0.1, 0.15) is 0 Å². The first-order valence-corrected chi connectivity index (χ1v) is 6.80. The summed E-state index contributed by atoms with van der Waals surface area (Å²) in [5, 5.41) is 3.64. The SMILES string of the molecule is CC(C)c1c(C2(C)CCCN2)ccc2c1OCO2. The monoisotopic (exact) mass is 247 g/mol. The molecule has 0 bridgehead atoms. The highest BCUT2D eigenvalue weighted by atomic mass is 16.7. The molecule has 2 aliphatic heterocycles. The Kier molecular flexibility index (Phi) is 2.74. The fraction of sp³-hybridized carbons (Fsp3) is 0.600. The fourth-order valence-corrected chi connectivity index (χ4v) is 3.17. The van der Waals surface area contributed by atoms with Crippen molar-refractivity contribution in [1.29, 1.82) is 0 Å². The van der Waals surface area contributed by atoms with Crippen LogP contribution < -0.4 is 14.8 Å². The van der Waals surface area contributed by atoms with E-state index < -0.39 is 0 Å². The van der Waals surface area contributed by atoms with Crippen molar-refractivity contribution in [3.8, 4) is 11.5 Å². The standard InChI is InChI=1S/C15H21NO2/c1-10(2)13-11(15(3)7-4-8-16-15)5-6-12-14(13)18-9-17-12/h5-6,10,16H,4,7-9H2,1-3H3. The van der Waals surface area contributed by atoms with Crippen LogP contribution in [0.5, 0.6) is 11.5 Å². The second-order valence-electron chi connectivity index (χ2n) is 5.78. The van der Waals surface area contributed by atoms with E-state index in [0.29, 0.717) is 12.7 Å². The van der Waals surface area contributed by atoms with Crippen molar-refractivity contribution >= 4 is 0 Å². The van der Waals surface area contributed by atoms with E-state index in [2.05, 4.69) is 38.2 Å². The van der Waals surface area contributed by atoms with Gasteiger partial charge in [-0.2, -0.15) is 0 Å². The van der Waals surface area contributed by atoms with E-state index in [1.165, 1.54) is 24.0 Å². The quantitative estimate of drug-likeness (QED) is 0.871. The summed E-state index contributed by atoms with van der Waals surface area (Å²) in [4.78, 5) is 0. The van der Waals surface area contributed by atoms with Gasteiger partial charge in [0.25, 0.3) is 0 Å². The summed E-state index contributed by atoms with van der Waals surface area (Å²) in [6.07, 6.45) is 2.43. The van der Waals surface area contributed by atoms with Crippen molar-refractivity contribution in [3.63, 3.8) is 0 Å². The smallest absolute Gasteiger partial charge is 0.231 e. The van der Waals surface area contributed by atoms with Gasteiger partial charge in [-0.3, -0.25) is 0 Å². The van der Waals surface area contributed by atoms with Crippen LogP contribution in [0.4, 0.5) is 0 Å². The molecule has 3 rings (SSSR count). The first-order chi connectivity index (χ1) is 8.62. The summed E-state index contributed by atoms with van der Waals surface area (Å²) in [7, 11) is 0. The summed E-state index contributed by atoms with van der Waals surface area (Å²) < 4.78 is 11.2. The Morgan fingerprint density at radius 2 is 2.11 bits per heavy atom. The average Bonchev–Trinajstić information content (AvgIpc) is 2.96. The van der Waals surface area contributed by atoms with Gasteiger partial charge in [-0.25, -0.2) is 0 Å². The van der Waals surface area contributed by atoms with E-state index in [1.807, 2.05) is 0 Å². The molecule has 1 aromatic rings. The van der Waals surface area contributed by atoms with Gasteiger partial charge in [-0.15, -0.1) is 0 Å². The summed E-state index contributed by atoms with van der Waals surface area (Å²) >= 11 is 0. The summed E-state index contributed by atoms with van der Waals surface area (Å²) in [6, 6.07) is 4.26. The minimum absolute atomic E-state index is 0.0839. The number of fused-ring (bicyclic) bond motifs is 1. The molecule has 0 amide bonds. The fourth-order valence-electron chi connectivity index (χ4n) is 3.17. The van der Waals surface area contributed by atoms with Crippen LogP contribution in [0.15, 0.2) is 12.1 Å². The van der Waals surface area contributed by atoms with Crippen molar-refractivity contribution in [2.45, 2.75) is 45.1 Å². The normalized spacial score (nSPS) is 26.0. The lowest BCUT2D eigenvalue weighted by Gasteiger charge is -2.29. The van der Waals surface area contributed by atoms with E-state index in [0.717, 1.165) is 18.0 Å². The van der Waals surface area contributed by atoms with E-state index in [9.17, 15) is 0 Å². The second-order valence-corrected chi connectivity index (χ2v) is 5.78. The predicted octanol–water partition coefficient (Wildman–Crippen LogP) is 3.14. The highest BCUT2D eigenvalue weighted by Gasteiger charge is 2.35. The molecule has 1 atom stereocenters. The maximum Gasteiger partial charge on any atom is 0.231 e. The lowest BCUT2D eigenvalue weighted by atomic mass is 9.82. The van der Waals surface area contributed by atoms with Gasteiger partial charge in [0.15, 0.2) is 11.5 Å². The first-order valence-electron chi connectivity index (χ1n) is 6.80. The van der Waals surface area contributed by atoms with Crippen LogP contribution in [0.3, 0.4) is 0 Å². The van der Waals surface area contributed by atoms with Crippen LogP contribution in [0.1, 0.15) is 50.7 Å². The van der Waals surface area contributed by atoms with E-state index >= 15 is 0 Å². The van der Waals surface area contributed by atoms with E-state index in [4.69, 9.17) is 9.47 Å². The molecule has 0 saturated carbocycles. The summed E-state index contributed by atoms with van der Waals surface area (Å²) in [5.74, 6) is 2.29. The largest absolute Gasteiger partial charge is 0.454 e.